The summed E-state index contributed by atoms with van der Waals surface area (Å²) in [5.74, 6) is 1.75. The summed E-state index contributed by atoms with van der Waals surface area (Å²) < 4.78 is 7.86. The Bertz CT molecular complexity index is 407. The fraction of sp³-hybridized carbons (Fsp3) is 0.923. The Balaban J connectivity index is 1.52. The number of piperidine rings is 1. The van der Waals surface area contributed by atoms with Crippen LogP contribution in [0.3, 0.4) is 0 Å². The van der Waals surface area contributed by atoms with Crippen molar-refractivity contribution in [3.05, 3.63) is 0 Å². The van der Waals surface area contributed by atoms with Gasteiger partial charge in [-0.2, -0.15) is 0 Å². The summed E-state index contributed by atoms with van der Waals surface area (Å²) in [5.41, 5.74) is 0. The lowest BCUT2D eigenvalue weighted by atomic mass is 10.1. The standard InChI is InChI=1S/C13H23N5O/c1-10(2)18-13(14-15-16-18)17-7-5-12(6-8-17)19-9-11-3-4-11/h10-12H,3-9H2,1-2H3. The normalized spacial score (nSPS) is 21.3. The average molecular weight is 265 g/mol. The van der Waals surface area contributed by atoms with Crippen LogP contribution in [0.4, 0.5) is 5.95 Å². The number of anilines is 1. The number of hydrogen-bond donors (Lipinski definition) is 0. The molecule has 1 saturated heterocycles. The van der Waals surface area contributed by atoms with Gasteiger partial charge in [0, 0.05) is 19.7 Å². The SMILES string of the molecule is CC(C)n1nnnc1N1CCC(OCC2CC2)CC1. The van der Waals surface area contributed by atoms with E-state index >= 15 is 0 Å². The van der Waals surface area contributed by atoms with E-state index in [-0.39, 0.29) is 0 Å². The van der Waals surface area contributed by atoms with Crippen molar-refractivity contribution in [2.24, 2.45) is 5.92 Å². The van der Waals surface area contributed by atoms with Gasteiger partial charge in [-0.25, -0.2) is 4.68 Å². The van der Waals surface area contributed by atoms with Gasteiger partial charge in [0.15, 0.2) is 0 Å². The number of aromatic nitrogens is 4. The van der Waals surface area contributed by atoms with Crippen LogP contribution in [-0.4, -0.2) is 46.0 Å². The first-order valence-corrected chi connectivity index (χ1v) is 7.38. The summed E-state index contributed by atoms with van der Waals surface area (Å²) in [6.45, 7) is 7.15. The van der Waals surface area contributed by atoms with Crippen molar-refractivity contribution in [3.8, 4) is 0 Å². The molecule has 0 unspecified atom stereocenters. The van der Waals surface area contributed by atoms with Gasteiger partial charge in [-0.3, -0.25) is 0 Å². The smallest absolute Gasteiger partial charge is 0.245 e. The molecule has 0 amide bonds. The van der Waals surface area contributed by atoms with Gasteiger partial charge in [-0.15, -0.1) is 0 Å². The van der Waals surface area contributed by atoms with Crippen molar-refractivity contribution >= 4 is 5.95 Å². The van der Waals surface area contributed by atoms with Crippen LogP contribution in [0.1, 0.15) is 45.6 Å². The molecule has 1 aliphatic carbocycles. The van der Waals surface area contributed by atoms with E-state index in [0.29, 0.717) is 12.1 Å². The minimum Gasteiger partial charge on any atom is -0.378 e. The summed E-state index contributed by atoms with van der Waals surface area (Å²) in [5, 5.41) is 12.0. The zero-order valence-electron chi connectivity index (χ0n) is 11.8. The van der Waals surface area contributed by atoms with Gasteiger partial charge >= 0.3 is 0 Å². The first kappa shape index (κ1) is 12.8. The van der Waals surface area contributed by atoms with Gasteiger partial charge in [-0.05, 0) is 55.9 Å². The monoisotopic (exact) mass is 265 g/mol. The highest BCUT2D eigenvalue weighted by Gasteiger charge is 2.27. The lowest BCUT2D eigenvalue weighted by molar-refractivity contribution is 0.0302. The molecule has 6 nitrogen and oxygen atoms in total. The molecule has 1 aromatic rings. The molecule has 0 bridgehead atoms. The molecule has 6 heteroatoms. The van der Waals surface area contributed by atoms with E-state index in [4.69, 9.17) is 4.74 Å². The van der Waals surface area contributed by atoms with Crippen molar-refractivity contribution in [1.29, 1.82) is 0 Å². The predicted molar refractivity (Wildman–Crippen MR) is 72.1 cm³/mol. The summed E-state index contributed by atoms with van der Waals surface area (Å²) >= 11 is 0. The Labute approximate surface area is 114 Å². The van der Waals surface area contributed by atoms with Gasteiger partial charge in [0.25, 0.3) is 0 Å². The van der Waals surface area contributed by atoms with E-state index in [1.165, 1.54) is 12.8 Å². The van der Waals surface area contributed by atoms with Crippen LogP contribution in [0.5, 0.6) is 0 Å². The van der Waals surface area contributed by atoms with Crippen LogP contribution >= 0.6 is 0 Å². The highest BCUT2D eigenvalue weighted by molar-refractivity contribution is 5.29. The maximum atomic E-state index is 5.97. The van der Waals surface area contributed by atoms with Crippen molar-refractivity contribution in [1.82, 2.24) is 20.2 Å². The molecule has 1 aromatic heterocycles. The van der Waals surface area contributed by atoms with Crippen LogP contribution in [0, 0.1) is 5.92 Å². The number of rotatable bonds is 5. The Morgan fingerprint density at radius 2 is 1.95 bits per heavy atom. The lowest BCUT2D eigenvalue weighted by Crippen LogP contribution is -2.39. The van der Waals surface area contributed by atoms with E-state index in [2.05, 4.69) is 34.3 Å². The molecule has 0 atom stereocenters. The van der Waals surface area contributed by atoms with Crippen molar-refractivity contribution in [2.75, 3.05) is 24.6 Å². The summed E-state index contributed by atoms with van der Waals surface area (Å²) in [4.78, 5) is 2.27. The second-order valence-corrected chi connectivity index (χ2v) is 5.98. The van der Waals surface area contributed by atoms with Crippen LogP contribution < -0.4 is 4.90 Å². The number of hydrogen-bond acceptors (Lipinski definition) is 5. The van der Waals surface area contributed by atoms with Crippen LogP contribution in [0.25, 0.3) is 0 Å². The maximum absolute atomic E-state index is 5.97. The molecule has 106 valence electrons. The first-order valence-electron chi connectivity index (χ1n) is 7.38. The predicted octanol–water partition coefficient (Wildman–Crippen LogP) is 1.65. The van der Waals surface area contributed by atoms with Gasteiger partial charge in [0.2, 0.25) is 5.95 Å². The molecule has 0 N–H and O–H groups in total. The molecule has 0 spiro atoms. The third-order valence-corrected chi connectivity index (χ3v) is 3.95. The molecule has 19 heavy (non-hydrogen) atoms. The third-order valence-electron chi connectivity index (χ3n) is 3.95. The van der Waals surface area contributed by atoms with Crippen molar-refractivity contribution < 1.29 is 4.74 Å². The number of nitrogens with zero attached hydrogens (tertiary/aromatic N) is 5. The first-order chi connectivity index (χ1) is 9.24. The highest BCUT2D eigenvalue weighted by atomic mass is 16.5. The largest absolute Gasteiger partial charge is 0.378 e. The van der Waals surface area contributed by atoms with Gasteiger partial charge in [-0.1, -0.05) is 5.10 Å². The Hall–Kier alpha value is -1.17. The van der Waals surface area contributed by atoms with E-state index in [0.717, 1.165) is 44.4 Å². The third kappa shape index (κ3) is 3.05. The summed E-state index contributed by atoms with van der Waals surface area (Å²) in [7, 11) is 0. The van der Waals surface area contributed by atoms with E-state index in [9.17, 15) is 0 Å². The van der Waals surface area contributed by atoms with Gasteiger partial charge in [0.05, 0.1) is 12.1 Å². The highest BCUT2D eigenvalue weighted by Crippen LogP contribution is 2.30. The fourth-order valence-corrected chi connectivity index (χ4v) is 2.51. The zero-order valence-corrected chi connectivity index (χ0v) is 11.8. The maximum Gasteiger partial charge on any atom is 0.245 e. The number of ether oxygens (including phenoxy) is 1. The summed E-state index contributed by atoms with van der Waals surface area (Å²) in [6.07, 6.45) is 5.32. The van der Waals surface area contributed by atoms with Gasteiger partial charge < -0.3 is 9.64 Å². The minimum atomic E-state index is 0.300. The fourth-order valence-electron chi connectivity index (χ4n) is 2.51. The zero-order chi connectivity index (χ0) is 13.2. The topological polar surface area (TPSA) is 56.1 Å². The average Bonchev–Trinajstić information content (AvgIpc) is 3.11. The molecule has 3 rings (SSSR count). The Morgan fingerprint density at radius 1 is 1.21 bits per heavy atom. The van der Waals surface area contributed by atoms with Crippen LogP contribution in [0.15, 0.2) is 0 Å². The molecule has 1 aliphatic heterocycles. The van der Waals surface area contributed by atoms with E-state index < -0.39 is 0 Å². The second kappa shape index (κ2) is 5.45. The quantitative estimate of drug-likeness (QED) is 0.810. The molecular weight excluding hydrogens is 242 g/mol. The molecule has 1 saturated carbocycles. The molecule has 2 fully saturated rings. The Morgan fingerprint density at radius 3 is 2.58 bits per heavy atom. The lowest BCUT2D eigenvalue weighted by Gasteiger charge is -2.32. The molecule has 0 aromatic carbocycles. The van der Waals surface area contributed by atoms with E-state index in [1.54, 1.807) is 0 Å². The van der Waals surface area contributed by atoms with Crippen LogP contribution in [-0.2, 0) is 4.74 Å². The Kier molecular flexibility index (Phi) is 3.68. The molecule has 0 radical (unpaired) electrons. The molecule has 2 heterocycles. The second-order valence-electron chi connectivity index (χ2n) is 5.98. The van der Waals surface area contributed by atoms with Crippen LogP contribution in [0.2, 0.25) is 0 Å². The molecule has 2 aliphatic rings. The number of tetrazole rings is 1. The van der Waals surface area contributed by atoms with Crippen molar-refractivity contribution in [3.63, 3.8) is 0 Å². The van der Waals surface area contributed by atoms with Gasteiger partial charge in [0.1, 0.15) is 0 Å². The van der Waals surface area contributed by atoms with E-state index in [1.807, 2.05) is 4.68 Å². The minimum absolute atomic E-state index is 0.300. The summed E-state index contributed by atoms with van der Waals surface area (Å²) in [6, 6.07) is 0.300. The van der Waals surface area contributed by atoms with Crippen molar-refractivity contribution in [2.45, 2.75) is 51.7 Å². The molecular formula is C13H23N5O.